The summed E-state index contributed by atoms with van der Waals surface area (Å²) >= 11 is 7.81. The van der Waals surface area contributed by atoms with E-state index < -0.39 is 10.0 Å². The van der Waals surface area contributed by atoms with Gasteiger partial charge in [0.05, 0.1) is 11.9 Å². The van der Waals surface area contributed by atoms with Crippen LogP contribution in [0.15, 0.2) is 42.5 Å². The molecule has 30 heavy (non-hydrogen) atoms. The smallest absolute Gasteiger partial charge is 0.232 e. The molecule has 0 aromatic heterocycles. The number of sulfonamides is 1. The highest BCUT2D eigenvalue weighted by Crippen LogP contribution is 2.26. The van der Waals surface area contributed by atoms with Crippen molar-refractivity contribution in [3.63, 3.8) is 0 Å². The van der Waals surface area contributed by atoms with Gasteiger partial charge in [0.15, 0.2) is 0 Å². The van der Waals surface area contributed by atoms with Gasteiger partial charge in [-0.15, -0.1) is 0 Å². The number of benzene rings is 2. The average Bonchev–Trinajstić information content (AvgIpc) is 2.67. The Bertz CT molecular complexity index is 947. The fraction of sp³-hybridized carbons (Fsp3) is 0.409. The Labute approximate surface area is 189 Å². The van der Waals surface area contributed by atoms with Crippen LogP contribution in [0.4, 0.5) is 5.69 Å². The fourth-order valence-electron chi connectivity index (χ4n) is 2.92. The van der Waals surface area contributed by atoms with Crippen molar-refractivity contribution in [2.45, 2.75) is 32.4 Å². The summed E-state index contributed by atoms with van der Waals surface area (Å²) in [4.78, 5) is 12.1. The molecule has 2 aromatic carbocycles. The first kappa shape index (κ1) is 24.6. The quantitative estimate of drug-likeness (QED) is 0.491. The lowest BCUT2D eigenvalue weighted by Crippen LogP contribution is -2.33. The Morgan fingerprint density at radius 1 is 1.13 bits per heavy atom. The second-order valence-electron chi connectivity index (χ2n) is 7.26. The molecule has 5 nitrogen and oxygen atoms in total. The third-order valence-corrected chi connectivity index (χ3v) is 7.01. The van der Waals surface area contributed by atoms with Crippen molar-refractivity contribution in [2.24, 2.45) is 0 Å². The SMILES string of the molecule is Cc1ccc(CSCCNC(=O)CCCN(c2cc(Cl)ccc2C)S(C)(=O)=O)cc1. The maximum absolute atomic E-state index is 12.2. The van der Waals surface area contributed by atoms with Crippen LogP contribution in [0.1, 0.15) is 29.5 Å². The Kier molecular flexibility index (Phi) is 9.52. The van der Waals surface area contributed by atoms with Crippen molar-refractivity contribution in [2.75, 3.05) is 29.4 Å². The molecular weight excluding hydrogens is 440 g/mol. The fourth-order valence-corrected chi connectivity index (χ4v) is 4.92. The van der Waals surface area contributed by atoms with E-state index in [0.717, 1.165) is 17.1 Å². The molecule has 1 N–H and O–H groups in total. The van der Waals surface area contributed by atoms with Crippen molar-refractivity contribution in [1.82, 2.24) is 5.32 Å². The second kappa shape index (κ2) is 11.6. The molecule has 0 heterocycles. The van der Waals surface area contributed by atoms with E-state index in [1.54, 1.807) is 30.0 Å². The van der Waals surface area contributed by atoms with Crippen LogP contribution >= 0.6 is 23.4 Å². The third kappa shape index (κ3) is 8.20. The number of halogens is 1. The summed E-state index contributed by atoms with van der Waals surface area (Å²) in [6.45, 7) is 4.73. The first-order valence-electron chi connectivity index (χ1n) is 9.80. The molecule has 0 spiro atoms. The highest BCUT2D eigenvalue weighted by atomic mass is 35.5. The Morgan fingerprint density at radius 3 is 2.50 bits per heavy atom. The summed E-state index contributed by atoms with van der Waals surface area (Å²) in [6, 6.07) is 13.6. The molecule has 0 bridgehead atoms. The first-order valence-corrected chi connectivity index (χ1v) is 13.2. The van der Waals surface area contributed by atoms with Crippen LogP contribution < -0.4 is 9.62 Å². The van der Waals surface area contributed by atoms with Crippen LogP contribution in [0.5, 0.6) is 0 Å². The first-order chi connectivity index (χ1) is 14.2. The Morgan fingerprint density at radius 2 is 1.83 bits per heavy atom. The summed E-state index contributed by atoms with van der Waals surface area (Å²) in [5.41, 5.74) is 3.89. The summed E-state index contributed by atoms with van der Waals surface area (Å²) < 4.78 is 25.8. The molecule has 0 fully saturated rings. The number of nitrogens with one attached hydrogen (secondary N) is 1. The van der Waals surface area contributed by atoms with Crippen LogP contribution in [0.25, 0.3) is 0 Å². The van der Waals surface area contributed by atoms with Gasteiger partial charge in [-0.25, -0.2) is 8.42 Å². The van der Waals surface area contributed by atoms with Gasteiger partial charge in [0, 0.05) is 36.0 Å². The number of nitrogens with zero attached hydrogens (tertiary/aromatic N) is 1. The van der Waals surface area contributed by atoms with Gasteiger partial charge in [0.1, 0.15) is 0 Å². The Hall–Kier alpha value is -1.70. The molecular formula is C22H29ClN2O3S2. The lowest BCUT2D eigenvalue weighted by Gasteiger charge is -2.24. The largest absolute Gasteiger partial charge is 0.355 e. The van der Waals surface area contributed by atoms with Gasteiger partial charge < -0.3 is 5.32 Å². The number of thioether (sulfide) groups is 1. The number of amides is 1. The lowest BCUT2D eigenvalue weighted by molar-refractivity contribution is -0.121. The van der Waals surface area contributed by atoms with Crippen molar-refractivity contribution in [3.8, 4) is 0 Å². The molecule has 0 aliphatic carbocycles. The lowest BCUT2D eigenvalue weighted by atomic mass is 10.2. The zero-order valence-electron chi connectivity index (χ0n) is 17.7. The molecule has 0 aliphatic heterocycles. The summed E-state index contributed by atoms with van der Waals surface area (Å²) in [7, 11) is -3.47. The maximum atomic E-state index is 12.2. The van der Waals surface area contributed by atoms with Crippen molar-refractivity contribution in [1.29, 1.82) is 0 Å². The monoisotopic (exact) mass is 468 g/mol. The molecule has 0 unspecified atom stereocenters. The molecule has 0 saturated carbocycles. The van der Waals surface area contributed by atoms with Gasteiger partial charge in [-0.3, -0.25) is 9.10 Å². The van der Waals surface area contributed by atoms with Gasteiger partial charge in [-0.1, -0.05) is 47.5 Å². The van der Waals surface area contributed by atoms with Crippen LogP contribution in [-0.2, 0) is 20.6 Å². The molecule has 0 saturated heterocycles. The number of carbonyl (C=O) groups is 1. The van der Waals surface area contributed by atoms with E-state index in [2.05, 4.69) is 36.5 Å². The van der Waals surface area contributed by atoms with Gasteiger partial charge in [0.2, 0.25) is 15.9 Å². The zero-order chi connectivity index (χ0) is 22.1. The predicted octanol–water partition coefficient (Wildman–Crippen LogP) is 4.55. The molecule has 0 radical (unpaired) electrons. The molecule has 2 rings (SSSR count). The van der Waals surface area contributed by atoms with E-state index in [1.807, 2.05) is 6.92 Å². The van der Waals surface area contributed by atoms with Gasteiger partial charge in [0.25, 0.3) is 0 Å². The standard InChI is InChI=1S/C22H29ClN2O3S2/c1-17-6-9-19(10-7-17)16-29-14-12-24-22(26)5-4-13-25(30(3,27)28)21-15-20(23)11-8-18(21)2/h6-11,15H,4-5,12-14,16H2,1-3H3,(H,24,26). The molecule has 0 aliphatic rings. The molecule has 8 heteroatoms. The van der Waals surface area contributed by atoms with Crippen molar-refractivity contribution in [3.05, 3.63) is 64.2 Å². The van der Waals surface area contributed by atoms with E-state index in [1.165, 1.54) is 21.7 Å². The van der Waals surface area contributed by atoms with E-state index in [4.69, 9.17) is 11.6 Å². The normalized spacial score (nSPS) is 11.3. The zero-order valence-corrected chi connectivity index (χ0v) is 20.0. The average molecular weight is 469 g/mol. The van der Waals surface area contributed by atoms with E-state index >= 15 is 0 Å². The van der Waals surface area contributed by atoms with Crippen LogP contribution in [-0.4, -0.2) is 39.4 Å². The number of carbonyl (C=O) groups excluding carboxylic acids is 1. The van der Waals surface area contributed by atoms with Crippen LogP contribution in [0.2, 0.25) is 5.02 Å². The van der Waals surface area contributed by atoms with Crippen LogP contribution in [0, 0.1) is 13.8 Å². The number of hydrogen-bond acceptors (Lipinski definition) is 4. The highest BCUT2D eigenvalue weighted by Gasteiger charge is 2.19. The van der Waals surface area contributed by atoms with E-state index in [0.29, 0.717) is 23.7 Å². The number of aryl methyl sites for hydroxylation is 2. The number of anilines is 1. The molecule has 1 amide bonds. The minimum absolute atomic E-state index is 0.0674. The highest BCUT2D eigenvalue weighted by molar-refractivity contribution is 7.98. The number of rotatable bonds is 11. The van der Waals surface area contributed by atoms with Crippen LogP contribution in [0.3, 0.4) is 0 Å². The topological polar surface area (TPSA) is 66.5 Å². The minimum Gasteiger partial charge on any atom is -0.355 e. The summed E-state index contributed by atoms with van der Waals surface area (Å²) in [5, 5.41) is 3.38. The Balaban J connectivity index is 1.73. The van der Waals surface area contributed by atoms with Crippen molar-refractivity contribution >= 4 is 45.0 Å². The van der Waals surface area contributed by atoms with Gasteiger partial charge in [-0.2, -0.15) is 11.8 Å². The van der Waals surface area contributed by atoms with E-state index in [-0.39, 0.29) is 18.9 Å². The van der Waals surface area contributed by atoms with Gasteiger partial charge >= 0.3 is 0 Å². The number of hydrogen-bond donors (Lipinski definition) is 1. The van der Waals surface area contributed by atoms with Crippen molar-refractivity contribution < 1.29 is 13.2 Å². The molecule has 2 aromatic rings. The summed E-state index contributed by atoms with van der Waals surface area (Å²) in [5.74, 6) is 1.68. The second-order valence-corrected chi connectivity index (χ2v) is 10.7. The minimum atomic E-state index is -3.47. The van der Waals surface area contributed by atoms with E-state index in [9.17, 15) is 13.2 Å². The molecule has 164 valence electrons. The maximum Gasteiger partial charge on any atom is 0.232 e. The van der Waals surface area contributed by atoms with Gasteiger partial charge in [-0.05, 0) is 43.5 Å². The predicted molar refractivity (Wildman–Crippen MR) is 128 cm³/mol. The molecule has 0 atom stereocenters. The summed E-state index contributed by atoms with van der Waals surface area (Å²) in [6.07, 6.45) is 1.87. The third-order valence-electron chi connectivity index (χ3n) is 4.56.